The summed E-state index contributed by atoms with van der Waals surface area (Å²) in [5, 5.41) is 5.63. The molecule has 0 aliphatic carbocycles. The third kappa shape index (κ3) is 5.48. The third-order valence-corrected chi connectivity index (χ3v) is 6.84. The molecule has 8 heteroatoms. The number of hydrogen-bond acceptors (Lipinski definition) is 7. The Morgan fingerprint density at radius 3 is 2.60 bits per heavy atom. The molecule has 7 nitrogen and oxygen atoms in total. The molecular formula is C27H30N4O3S. The van der Waals surface area contributed by atoms with Gasteiger partial charge in [0, 0.05) is 11.9 Å². The number of nitrogens with zero attached hydrogens (tertiary/aromatic N) is 3. The van der Waals surface area contributed by atoms with E-state index in [1.807, 2.05) is 35.4 Å². The van der Waals surface area contributed by atoms with Crippen LogP contribution in [-0.2, 0) is 20.9 Å². The van der Waals surface area contributed by atoms with Gasteiger partial charge >= 0.3 is 5.97 Å². The van der Waals surface area contributed by atoms with E-state index in [0.717, 1.165) is 22.1 Å². The highest BCUT2D eigenvalue weighted by Gasteiger charge is 2.41. The largest absolute Gasteiger partial charge is 0.463 e. The lowest BCUT2D eigenvalue weighted by atomic mass is 9.92. The van der Waals surface area contributed by atoms with Crippen LogP contribution in [-0.4, -0.2) is 33.5 Å². The first-order valence-corrected chi connectivity index (χ1v) is 12.6. The van der Waals surface area contributed by atoms with Crippen LogP contribution in [0.25, 0.3) is 0 Å². The van der Waals surface area contributed by atoms with Crippen LogP contribution in [0.2, 0.25) is 0 Å². The fraction of sp³-hybridized carbons (Fsp3) is 0.333. The summed E-state index contributed by atoms with van der Waals surface area (Å²) < 4.78 is 5.41. The van der Waals surface area contributed by atoms with E-state index in [9.17, 15) is 9.59 Å². The smallest absolute Gasteiger partial charge is 0.338 e. The number of carbonyl (C=O) groups is 2. The first kappa shape index (κ1) is 24.7. The van der Waals surface area contributed by atoms with E-state index in [1.165, 1.54) is 17.3 Å². The van der Waals surface area contributed by atoms with Crippen molar-refractivity contribution in [3.05, 3.63) is 87.9 Å². The van der Waals surface area contributed by atoms with Gasteiger partial charge in [0.15, 0.2) is 5.17 Å². The molecule has 0 saturated heterocycles. The van der Waals surface area contributed by atoms with Gasteiger partial charge in [0.25, 0.3) is 0 Å². The minimum Gasteiger partial charge on any atom is -0.463 e. The number of hydrogen-bond donors (Lipinski definition) is 1. The summed E-state index contributed by atoms with van der Waals surface area (Å²) in [6, 6.07) is 13.5. The molecule has 2 aromatic rings. The maximum absolute atomic E-state index is 13.1. The van der Waals surface area contributed by atoms with Crippen LogP contribution in [0.15, 0.2) is 76.0 Å². The molecule has 0 spiro atoms. The number of thioether (sulfide) groups is 1. The van der Waals surface area contributed by atoms with Crippen LogP contribution in [0.3, 0.4) is 0 Å². The zero-order valence-corrected chi connectivity index (χ0v) is 21.3. The summed E-state index contributed by atoms with van der Waals surface area (Å²) in [7, 11) is 0. The predicted octanol–water partition coefficient (Wildman–Crippen LogP) is 5.05. The Bertz CT molecular complexity index is 1190. The van der Waals surface area contributed by atoms with Gasteiger partial charge < -0.3 is 15.0 Å². The average molecular weight is 491 g/mol. The molecule has 182 valence electrons. The summed E-state index contributed by atoms with van der Waals surface area (Å²) in [6.07, 6.45) is 1.86. The van der Waals surface area contributed by atoms with Crippen molar-refractivity contribution in [3.8, 4) is 0 Å². The van der Waals surface area contributed by atoms with Crippen molar-refractivity contribution < 1.29 is 14.3 Å². The second-order valence-corrected chi connectivity index (χ2v) is 9.55. The van der Waals surface area contributed by atoms with Crippen LogP contribution in [0.1, 0.15) is 62.9 Å². The topological polar surface area (TPSA) is 83.9 Å². The molecule has 0 fully saturated rings. The van der Waals surface area contributed by atoms with Gasteiger partial charge in [-0.25, -0.2) is 9.79 Å². The van der Waals surface area contributed by atoms with Crippen LogP contribution < -0.4 is 5.32 Å². The number of esters is 1. The number of aliphatic imine (C=N–C) groups is 1. The Hall–Kier alpha value is -3.39. The third-order valence-electron chi connectivity index (χ3n) is 5.95. The highest BCUT2D eigenvalue weighted by molar-refractivity contribution is 8.16. The van der Waals surface area contributed by atoms with E-state index in [4.69, 9.17) is 9.73 Å². The predicted molar refractivity (Wildman–Crippen MR) is 138 cm³/mol. The Kier molecular flexibility index (Phi) is 7.70. The lowest BCUT2D eigenvalue weighted by Gasteiger charge is -2.36. The molecule has 3 heterocycles. The maximum atomic E-state index is 13.1. The Balaban J connectivity index is 1.62. The van der Waals surface area contributed by atoms with Gasteiger partial charge in [0.2, 0.25) is 5.91 Å². The number of rotatable bonds is 8. The molecule has 1 aromatic heterocycles. The molecule has 1 atom stereocenters. The first-order chi connectivity index (χ1) is 16.9. The van der Waals surface area contributed by atoms with Crippen molar-refractivity contribution in [3.63, 3.8) is 0 Å². The van der Waals surface area contributed by atoms with E-state index in [-0.39, 0.29) is 24.9 Å². The highest BCUT2D eigenvalue weighted by atomic mass is 32.2. The molecule has 2 aliphatic heterocycles. The van der Waals surface area contributed by atoms with E-state index >= 15 is 0 Å². The summed E-state index contributed by atoms with van der Waals surface area (Å²) in [5.74, 6) is -0.113. The lowest BCUT2D eigenvalue weighted by Crippen LogP contribution is -2.38. The van der Waals surface area contributed by atoms with Gasteiger partial charge in [0.05, 0.1) is 42.6 Å². The minimum atomic E-state index is -0.424. The number of amides is 1. The average Bonchev–Trinajstić information content (AvgIpc) is 3.24. The summed E-state index contributed by atoms with van der Waals surface area (Å²) >= 11 is 1.46. The monoisotopic (exact) mass is 490 g/mol. The van der Waals surface area contributed by atoms with Crippen LogP contribution >= 0.6 is 11.8 Å². The zero-order chi connectivity index (χ0) is 24.9. The zero-order valence-electron chi connectivity index (χ0n) is 20.4. The number of benzene rings is 1. The Labute approximate surface area is 210 Å². The van der Waals surface area contributed by atoms with E-state index in [1.54, 1.807) is 13.1 Å². The highest BCUT2D eigenvalue weighted by Crippen LogP contribution is 2.45. The van der Waals surface area contributed by atoms with E-state index in [0.29, 0.717) is 23.7 Å². The molecule has 0 radical (unpaired) electrons. The molecular weight excluding hydrogens is 460 g/mol. The normalized spacial score (nSPS) is 17.2. The number of fused-ring (bicyclic) bond motifs is 1. The summed E-state index contributed by atoms with van der Waals surface area (Å²) in [6.45, 7) is 8.56. The van der Waals surface area contributed by atoms with Gasteiger partial charge in [-0.1, -0.05) is 55.9 Å². The molecule has 2 aliphatic rings. The molecule has 1 amide bonds. The number of ether oxygens (including phenoxy) is 1. The van der Waals surface area contributed by atoms with Gasteiger partial charge in [-0.3, -0.25) is 9.78 Å². The maximum Gasteiger partial charge on any atom is 0.338 e. The number of aromatic nitrogens is 1. The Morgan fingerprint density at radius 2 is 1.94 bits per heavy atom. The SMILES string of the molecule is CCOC(=O)C1=C(C)N=C2SC=C(CC(=O)NCc3ccccn3)N2[C@H]1c1ccc(C(C)C)cc1. The van der Waals surface area contributed by atoms with E-state index < -0.39 is 6.04 Å². The van der Waals surface area contributed by atoms with Crippen molar-refractivity contribution in [2.45, 2.75) is 52.6 Å². The molecule has 0 bridgehead atoms. The summed E-state index contributed by atoms with van der Waals surface area (Å²) in [4.78, 5) is 36.8. The fourth-order valence-corrected chi connectivity index (χ4v) is 5.10. The molecule has 35 heavy (non-hydrogen) atoms. The number of pyridine rings is 1. The van der Waals surface area contributed by atoms with Crippen molar-refractivity contribution in [2.75, 3.05) is 6.61 Å². The lowest BCUT2D eigenvalue weighted by molar-refractivity contribution is -0.139. The van der Waals surface area contributed by atoms with Gasteiger partial charge in [0.1, 0.15) is 0 Å². The van der Waals surface area contributed by atoms with Crippen LogP contribution in [0.4, 0.5) is 0 Å². The minimum absolute atomic E-state index is 0.124. The molecule has 1 N–H and O–H groups in total. The van der Waals surface area contributed by atoms with E-state index in [2.05, 4.69) is 48.4 Å². The number of nitrogens with one attached hydrogen (secondary N) is 1. The quantitative estimate of drug-likeness (QED) is 0.522. The van der Waals surface area contributed by atoms with Gasteiger partial charge in [-0.05, 0) is 48.4 Å². The second kappa shape index (κ2) is 10.9. The van der Waals surface area contributed by atoms with Crippen molar-refractivity contribution in [1.29, 1.82) is 0 Å². The van der Waals surface area contributed by atoms with Crippen molar-refractivity contribution in [1.82, 2.24) is 15.2 Å². The number of carbonyl (C=O) groups excluding carboxylic acids is 2. The van der Waals surface area contributed by atoms with Gasteiger partial charge in [-0.15, -0.1) is 0 Å². The first-order valence-electron chi connectivity index (χ1n) is 11.8. The Morgan fingerprint density at radius 1 is 1.17 bits per heavy atom. The molecule has 4 rings (SSSR count). The molecule has 0 saturated carbocycles. The van der Waals surface area contributed by atoms with Crippen molar-refractivity contribution in [2.24, 2.45) is 4.99 Å². The number of allylic oxidation sites excluding steroid dienone is 1. The standard InChI is InChI=1S/C27H30N4O3S/c1-5-34-26(33)24-18(4)30-27-31(25(24)20-11-9-19(10-12-20)17(2)3)22(16-35-27)14-23(32)29-15-21-8-6-7-13-28-21/h6-13,16-17,25H,5,14-15H2,1-4H3,(H,29,32)/t25-/m0/s1. The van der Waals surface area contributed by atoms with Gasteiger partial charge in [-0.2, -0.15) is 0 Å². The molecule has 1 aromatic carbocycles. The summed E-state index contributed by atoms with van der Waals surface area (Å²) in [5.41, 5.74) is 4.88. The second-order valence-electron chi connectivity index (χ2n) is 8.71. The van der Waals surface area contributed by atoms with Crippen LogP contribution in [0.5, 0.6) is 0 Å². The van der Waals surface area contributed by atoms with Crippen LogP contribution in [0, 0.1) is 0 Å². The van der Waals surface area contributed by atoms with Crippen molar-refractivity contribution >= 4 is 28.8 Å². The molecule has 0 unspecified atom stereocenters. The number of amidine groups is 1. The fourth-order valence-electron chi connectivity index (χ4n) is 4.14.